The van der Waals surface area contributed by atoms with Gasteiger partial charge in [-0.3, -0.25) is 9.48 Å². The van der Waals surface area contributed by atoms with Crippen molar-refractivity contribution in [1.82, 2.24) is 15.1 Å². The number of thiophene rings is 1. The van der Waals surface area contributed by atoms with Crippen molar-refractivity contribution in [3.8, 4) is 0 Å². The molecule has 1 amide bonds. The van der Waals surface area contributed by atoms with E-state index in [4.69, 9.17) is 16.3 Å². The van der Waals surface area contributed by atoms with Crippen LogP contribution in [0.15, 0.2) is 30.3 Å². The molecule has 1 atom stereocenters. The van der Waals surface area contributed by atoms with E-state index < -0.39 is 17.6 Å². The summed E-state index contributed by atoms with van der Waals surface area (Å²) in [5.74, 6) is -0.836. The van der Waals surface area contributed by atoms with Crippen molar-refractivity contribution in [3.05, 3.63) is 51.5 Å². The molecule has 3 aromatic rings. The van der Waals surface area contributed by atoms with Crippen LogP contribution < -0.4 is 5.32 Å². The molecule has 3 rings (SSSR count). The van der Waals surface area contributed by atoms with Crippen LogP contribution >= 0.6 is 22.9 Å². The summed E-state index contributed by atoms with van der Waals surface area (Å²) in [6.45, 7) is 9.67. The Hall–Kier alpha value is -2.38. The average Bonchev–Trinajstić information content (AvgIpc) is 3.17. The van der Waals surface area contributed by atoms with Crippen LogP contribution in [0.2, 0.25) is 5.02 Å². The number of halogens is 1. The highest BCUT2D eigenvalue weighted by Gasteiger charge is 2.24. The summed E-state index contributed by atoms with van der Waals surface area (Å²) in [5.41, 5.74) is 1.50. The van der Waals surface area contributed by atoms with Crippen molar-refractivity contribution in [1.29, 1.82) is 0 Å². The molecule has 8 heteroatoms. The Kier molecular flexibility index (Phi) is 6.00. The molecule has 0 saturated heterocycles. The zero-order valence-corrected chi connectivity index (χ0v) is 18.6. The van der Waals surface area contributed by atoms with Crippen LogP contribution in [0, 0.1) is 6.92 Å². The summed E-state index contributed by atoms with van der Waals surface area (Å²) in [5, 5.41) is 8.97. The standard InChI is InChI=1S/C21H24ClN3O3S/c1-12-16-10-17(20(27)28-13(2)18(26)23-21(3,4)5)29-19(16)25(24-12)11-14-6-8-15(22)9-7-14/h6-10,13H,11H2,1-5H3,(H,23,26). The molecule has 6 nitrogen and oxygen atoms in total. The highest BCUT2D eigenvalue weighted by molar-refractivity contribution is 7.20. The minimum absolute atomic E-state index is 0.322. The lowest BCUT2D eigenvalue weighted by molar-refractivity contribution is -0.130. The number of nitrogens with zero attached hydrogens (tertiary/aromatic N) is 2. The fourth-order valence-electron chi connectivity index (χ4n) is 2.83. The number of aryl methyl sites for hydroxylation is 1. The topological polar surface area (TPSA) is 73.2 Å². The van der Waals surface area contributed by atoms with Gasteiger partial charge in [-0.05, 0) is 58.4 Å². The van der Waals surface area contributed by atoms with Crippen LogP contribution in [-0.2, 0) is 16.1 Å². The summed E-state index contributed by atoms with van der Waals surface area (Å²) in [7, 11) is 0. The number of carbonyl (C=O) groups excluding carboxylic acids is 2. The second-order valence-corrected chi connectivity index (χ2v) is 9.45. The lowest BCUT2D eigenvalue weighted by Gasteiger charge is -2.23. The van der Waals surface area contributed by atoms with Gasteiger partial charge in [-0.2, -0.15) is 5.10 Å². The number of fused-ring (bicyclic) bond motifs is 1. The van der Waals surface area contributed by atoms with E-state index >= 15 is 0 Å². The number of nitrogens with one attached hydrogen (secondary N) is 1. The fourth-order valence-corrected chi connectivity index (χ4v) is 4.00. The lowest BCUT2D eigenvalue weighted by Crippen LogP contribution is -2.46. The van der Waals surface area contributed by atoms with Crippen LogP contribution in [0.3, 0.4) is 0 Å². The molecule has 154 valence electrons. The molecule has 2 heterocycles. The van der Waals surface area contributed by atoms with E-state index in [0.717, 1.165) is 21.5 Å². The highest BCUT2D eigenvalue weighted by Crippen LogP contribution is 2.29. The normalized spacial score (nSPS) is 12.8. The van der Waals surface area contributed by atoms with Crippen LogP contribution in [0.4, 0.5) is 0 Å². The second kappa shape index (κ2) is 8.16. The van der Waals surface area contributed by atoms with E-state index in [1.54, 1.807) is 13.0 Å². The Labute approximate surface area is 178 Å². The van der Waals surface area contributed by atoms with Gasteiger partial charge in [-0.15, -0.1) is 11.3 Å². The first kappa shape index (κ1) is 21.3. The maximum absolute atomic E-state index is 12.6. The lowest BCUT2D eigenvalue weighted by atomic mass is 10.1. The zero-order valence-electron chi connectivity index (χ0n) is 17.1. The van der Waals surface area contributed by atoms with Gasteiger partial charge in [-0.1, -0.05) is 23.7 Å². The quantitative estimate of drug-likeness (QED) is 0.598. The van der Waals surface area contributed by atoms with Crippen molar-refractivity contribution in [2.24, 2.45) is 0 Å². The SMILES string of the molecule is Cc1nn(Cc2ccc(Cl)cc2)c2sc(C(=O)OC(C)C(=O)NC(C)(C)C)cc12. The van der Waals surface area contributed by atoms with Gasteiger partial charge in [0.15, 0.2) is 6.10 Å². The van der Waals surface area contributed by atoms with Crippen molar-refractivity contribution in [2.75, 3.05) is 0 Å². The Morgan fingerprint density at radius 3 is 2.55 bits per heavy atom. The van der Waals surface area contributed by atoms with Crippen LogP contribution in [0.1, 0.15) is 48.6 Å². The molecule has 1 unspecified atom stereocenters. The molecule has 0 spiro atoms. The molecule has 0 saturated carbocycles. The van der Waals surface area contributed by atoms with Crippen molar-refractivity contribution >= 4 is 45.0 Å². The number of benzene rings is 1. The van der Waals surface area contributed by atoms with E-state index in [9.17, 15) is 9.59 Å². The van der Waals surface area contributed by atoms with Crippen molar-refractivity contribution < 1.29 is 14.3 Å². The molecule has 0 fully saturated rings. The minimum atomic E-state index is -0.876. The summed E-state index contributed by atoms with van der Waals surface area (Å²) >= 11 is 7.26. The average molecular weight is 434 g/mol. The third kappa shape index (κ3) is 5.16. The van der Waals surface area contributed by atoms with Gasteiger partial charge in [0.1, 0.15) is 9.71 Å². The van der Waals surface area contributed by atoms with E-state index in [2.05, 4.69) is 10.4 Å². The maximum Gasteiger partial charge on any atom is 0.349 e. The van der Waals surface area contributed by atoms with Crippen LogP contribution in [0.5, 0.6) is 0 Å². The Bertz CT molecular complexity index is 1050. The Morgan fingerprint density at radius 2 is 1.93 bits per heavy atom. The third-order valence-corrected chi connectivity index (χ3v) is 5.59. The number of hydrogen-bond donors (Lipinski definition) is 1. The van der Waals surface area contributed by atoms with Gasteiger partial charge in [-0.25, -0.2) is 4.79 Å². The summed E-state index contributed by atoms with van der Waals surface area (Å²) in [6, 6.07) is 9.35. The van der Waals surface area contributed by atoms with Gasteiger partial charge in [0.05, 0.1) is 12.2 Å². The van der Waals surface area contributed by atoms with Gasteiger partial charge in [0.25, 0.3) is 5.91 Å². The molecule has 0 bridgehead atoms. The Morgan fingerprint density at radius 1 is 1.28 bits per heavy atom. The number of hydrogen-bond acceptors (Lipinski definition) is 5. The van der Waals surface area contributed by atoms with E-state index in [0.29, 0.717) is 16.4 Å². The second-order valence-electron chi connectivity index (χ2n) is 7.99. The molecular weight excluding hydrogens is 410 g/mol. The third-order valence-electron chi connectivity index (χ3n) is 4.21. The largest absolute Gasteiger partial charge is 0.448 e. The smallest absolute Gasteiger partial charge is 0.349 e. The fraction of sp³-hybridized carbons (Fsp3) is 0.381. The van der Waals surface area contributed by atoms with E-state index in [1.807, 2.05) is 56.6 Å². The van der Waals surface area contributed by atoms with Gasteiger partial charge in [0.2, 0.25) is 0 Å². The predicted octanol–water partition coefficient (Wildman–Crippen LogP) is 4.57. The highest BCUT2D eigenvalue weighted by atomic mass is 35.5. The van der Waals surface area contributed by atoms with Gasteiger partial charge >= 0.3 is 5.97 Å². The van der Waals surface area contributed by atoms with Crippen LogP contribution in [0.25, 0.3) is 10.2 Å². The Balaban J connectivity index is 1.78. The van der Waals surface area contributed by atoms with Crippen molar-refractivity contribution in [2.45, 2.75) is 52.8 Å². The van der Waals surface area contributed by atoms with Crippen LogP contribution in [-0.4, -0.2) is 33.3 Å². The zero-order chi connectivity index (χ0) is 21.3. The molecule has 2 aromatic heterocycles. The molecule has 1 N–H and O–H groups in total. The number of esters is 1. The summed E-state index contributed by atoms with van der Waals surface area (Å²) in [4.78, 5) is 26.1. The molecule has 0 aliphatic carbocycles. The maximum atomic E-state index is 12.6. The van der Waals surface area contributed by atoms with E-state index in [-0.39, 0.29) is 5.91 Å². The molecule has 0 aliphatic rings. The number of rotatable bonds is 5. The summed E-state index contributed by atoms with van der Waals surface area (Å²) in [6.07, 6.45) is -0.876. The minimum Gasteiger partial charge on any atom is -0.448 e. The van der Waals surface area contributed by atoms with Gasteiger partial charge < -0.3 is 10.1 Å². The van der Waals surface area contributed by atoms with Crippen molar-refractivity contribution in [3.63, 3.8) is 0 Å². The number of amides is 1. The predicted molar refractivity (Wildman–Crippen MR) is 116 cm³/mol. The molecule has 0 aliphatic heterocycles. The molecule has 29 heavy (non-hydrogen) atoms. The molecule has 1 aromatic carbocycles. The molecular formula is C21H24ClN3O3S. The van der Waals surface area contributed by atoms with E-state index in [1.165, 1.54) is 11.3 Å². The number of carbonyl (C=O) groups is 2. The first-order valence-corrected chi connectivity index (χ1v) is 10.5. The van der Waals surface area contributed by atoms with Gasteiger partial charge in [0, 0.05) is 15.9 Å². The summed E-state index contributed by atoms with van der Waals surface area (Å²) < 4.78 is 7.24. The number of aromatic nitrogens is 2. The first-order valence-electron chi connectivity index (χ1n) is 9.28. The molecule has 0 radical (unpaired) electrons. The first-order chi connectivity index (χ1) is 13.5. The number of ether oxygens (including phenoxy) is 1. The monoisotopic (exact) mass is 433 g/mol.